The number of carbonyl (C=O) groups is 1. The van der Waals surface area contributed by atoms with Crippen LogP contribution in [-0.4, -0.2) is 63.3 Å². The van der Waals surface area contributed by atoms with Crippen molar-refractivity contribution in [3.05, 3.63) is 77.5 Å². The Morgan fingerprint density at radius 2 is 1.79 bits per heavy atom. The minimum Gasteiger partial charge on any atom is -0.367 e. The number of carbonyl (C=O) groups excluding carboxylic acids is 1. The molecule has 1 fully saturated rings. The molecule has 1 aliphatic heterocycles. The lowest BCUT2D eigenvalue weighted by atomic mass is 10.2. The minimum atomic E-state index is -0.293. The molecule has 4 aromatic rings. The summed E-state index contributed by atoms with van der Waals surface area (Å²) in [6, 6.07) is 16.1. The summed E-state index contributed by atoms with van der Waals surface area (Å²) in [5, 5.41) is 5.64. The van der Waals surface area contributed by atoms with Gasteiger partial charge in [0.25, 0.3) is 0 Å². The van der Waals surface area contributed by atoms with Gasteiger partial charge in [0.15, 0.2) is 5.65 Å². The van der Waals surface area contributed by atoms with Crippen molar-refractivity contribution in [2.24, 2.45) is 0 Å². The molecule has 38 heavy (non-hydrogen) atoms. The average Bonchev–Trinajstić information content (AvgIpc) is 3.09. The number of nitrogens with zero attached hydrogens (tertiary/aromatic N) is 6. The van der Waals surface area contributed by atoms with Gasteiger partial charge in [0.2, 0.25) is 5.91 Å². The lowest BCUT2D eigenvalue weighted by Crippen LogP contribution is -2.37. The van der Waals surface area contributed by atoms with E-state index in [1.165, 1.54) is 12.1 Å². The van der Waals surface area contributed by atoms with Gasteiger partial charge in [0, 0.05) is 32.6 Å². The number of benzene rings is 2. The van der Waals surface area contributed by atoms with E-state index < -0.39 is 0 Å². The summed E-state index contributed by atoms with van der Waals surface area (Å²) < 4.78 is 21.0. The Kier molecular flexibility index (Phi) is 7.93. The van der Waals surface area contributed by atoms with Crippen molar-refractivity contribution in [2.45, 2.75) is 39.7 Å². The van der Waals surface area contributed by atoms with E-state index in [0.717, 1.165) is 59.8 Å². The first-order chi connectivity index (χ1) is 18.5. The molecule has 5 rings (SSSR count). The molecule has 2 aromatic heterocycles. The van der Waals surface area contributed by atoms with Crippen LogP contribution < -0.4 is 4.90 Å². The highest BCUT2D eigenvalue weighted by atomic mass is 19.1. The smallest absolute Gasteiger partial charge is 0.248 e. The van der Waals surface area contributed by atoms with E-state index in [9.17, 15) is 9.18 Å². The van der Waals surface area contributed by atoms with E-state index in [1.54, 1.807) is 16.8 Å². The molecule has 0 N–H and O–H groups in total. The molecular weight excluding hydrogens is 483 g/mol. The fraction of sp³-hybridized carbons (Fsp3) is 0.379. The highest BCUT2D eigenvalue weighted by Crippen LogP contribution is 2.30. The Morgan fingerprint density at radius 3 is 2.55 bits per heavy atom. The van der Waals surface area contributed by atoms with Crippen molar-refractivity contribution in [1.29, 1.82) is 0 Å². The van der Waals surface area contributed by atoms with Crippen molar-refractivity contribution in [2.75, 3.05) is 37.7 Å². The summed E-state index contributed by atoms with van der Waals surface area (Å²) >= 11 is 0. The number of hydrogen-bond acceptors (Lipinski definition) is 6. The zero-order chi connectivity index (χ0) is 26.5. The number of fused-ring (bicyclic) bond motifs is 1. The van der Waals surface area contributed by atoms with Crippen LogP contribution in [0.3, 0.4) is 0 Å². The van der Waals surface area contributed by atoms with E-state index in [4.69, 9.17) is 19.8 Å². The van der Waals surface area contributed by atoms with Crippen LogP contribution in [-0.2, 0) is 22.6 Å². The zero-order valence-corrected chi connectivity index (χ0v) is 21.9. The SMILES string of the molecule is CCCc1nc(N2CCCN(C(=O)COCc3ccccc3)CC2)c2c(C)nn(-c3ccc(F)cc3)c2n1. The summed E-state index contributed by atoms with van der Waals surface area (Å²) in [5.74, 6) is 1.31. The largest absolute Gasteiger partial charge is 0.367 e. The quantitative estimate of drug-likeness (QED) is 0.344. The monoisotopic (exact) mass is 516 g/mol. The first-order valence-corrected chi connectivity index (χ1v) is 13.2. The first-order valence-electron chi connectivity index (χ1n) is 13.2. The molecule has 9 heteroatoms. The number of aryl methyl sites for hydroxylation is 2. The number of aromatic nitrogens is 4. The molecule has 1 saturated heterocycles. The highest BCUT2D eigenvalue weighted by molar-refractivity contribution is 5.91. The molecule has 0 aliphatic carbocycles. The number of rotatable bonds is 8. The van der Waals surface area contributed by atoms with Gasteiger partial charge < -0.3 is 14.5 Å². The molecule has 0 saturated carbocycles. The number of anilines is 1. The van der Waals surface area contributed by atoms with Crippen molar-refractivity contribution >= 4 is 22.8 Å². The Morgan fingerprint density at radius 1 is 1.00 bits per heavy atom. The van der Waals surface area contributed by atoms with Gasteiger partial charge in [-0.25, -0.2) is 19.0 Å². The Labute approximate surface area is 222 Å². The third kappa shape index (κ3) is 5.67. The standard InChI is InChI=1S/C29H33FN6O2/c1-3-8-25-31-28(27-21(2)33-36(29(27)32-25)24-13-11-23(30)12-14-24)35-16-7-15-34(17-18-35)26(37)20-38-19-22-9-5-4-6-10-22/h4-6,9-14H,3,7-8,15-20H2,1-2H3. The van der Waals surface area contributed by atoms with Crippen molar-refractivity contribution < 1.29 is 13.9 Å². The van der Waals surface area contributed by atoms with Crippen molar-refractivity contribution in [1.82, 2.24) is 24.6 Å². The maximum Gasteiger partial charge on any atom is 0.248 e. The second-order valence-electron chi connectivity index (χ2n) is 9.59. The van der Waals surface area contributed by atoms with E-state index >= 15 is 0 Å². The third-order valence-electron chi connectivity index (χ3n) is 6.76. The predicted octanol–water partition coefficient (Wildman–Crippen LogP) is 4.47. The number of ether oxygens (including phenoxy) is 1. The summed E-state index contributed by atoms with van der Waals surface area (Å²) in [6.45, 7) is 7.23. The van der Waals surface area contributed by atoms with Gasteiger partial charge in [0.05, 0.1) is 23.4 Å². The van der Waals surface area contributed by atoms with E-state index in [-0.39, 0.29) is 18.3 Å². The van der Waals surface area contributed by atoms with E-state index in [1.807, 2.05) is 42.2 Å². The van der Waals surface area contributed by atoms with Crippen LogP contribution >= 0.6 is 0 Å². The van der Waals surface area contributed by atoms with Gasteiger partial charge in [0.1, 0.15) is 24.1 Å². The molecule has 0 spiro atoms. The first kappa shape index (κ1) is 25.8. The summed E-state index contributed by atoms with van der Waals surface area (Å²) in [7, 11) is 0. The predicted molar refractivity (Wildman–Crippen MR) is 145 cm³/mol. The van der Waals surface area contributed by atoms with Gasteiger partial charge >= 0.3 is 0 Å². The normalized spacial score (nSPS) is 14.2. The van der Waals surface area contributed by atoms with Crippen molar-refractivity contribution in [3.63, 3.8) is 0 Å². The Hall–Kier alpha value is -3.85. The number of hydrogen-bond donors (Lipinski definition) is 0. The van der Waals surface area contributed by atoms with Crippen molar-refractivity contribution in [3.8, 4) is 5.69 Å². The van der Waals surface area contributed by atoms with Crippen LogP contribution in [0.4, 0.5) is 10.2 Å². The van der Waals surface area contributed by atoms with E-state index in [2.05, 4.69) is 11.8 Å². The second kappa shape index (κ2) is 11.7. The topological polar surface area (TPSA) is 76.4 Å². The van der Waals surface area contributed by atoms with Crippen LogP contribution in [0.1, 0.15) is 36.8 Å². The van der Waals surface area contributed by atoms with Gasteiger partial charge in [-0.15, -0.1) is 0 Å². The van der Waals surface area contributed by atoms with Crippen LogP contribution in [0.25, 0.3) is 16.7 Å². The maximum absolute atomic E-state index is 13.6. The lowest BCUT2D eigenvalue weighted by molar-refractivity contribution is -0.136. The molecule has 8 nitrogen and oxygen atoms in total. The third-order valence-corrected chi connectivity index (χ3v) is 6.76. The van der Waals surface area contributed by atoms with Gasteiger partial charge in [-0.3, -0.25) is 4.79 Å². The molecule has 1 amide bonds. The fourth-order valence-corrected chi connectivity index (χ4v) is 4.83. The molecule has 0 unspecified atom stereocenters. The lowest BCUT2D eigenvalue weighted by Gasteiger charge is -2.24. The van der Waals surface area contributed by atoms with Gasteiger partial charge in [-0.05, 0) is 49.6 Å². The summed E-state index contributed by atoms with van der Waals surface area (Å²) in [5.41, 5.74) is 3.33. The van der Waals surface area contributed by atoms with Crippen LogP contribution in [0.5, 0.6) is 0 Å². The van der Waals surface area contributed by atoms with Gasteiger partial charge in [-0.2, -0.15) is 5.10 Å². The maximum atomic E-state index is 13.6. The molecule has 3 heterocycles. The number of amides is 1. The minimum absolute atomic E-state index is 0.00241. The molecule has 0 radical (unpaired) electrons. The second-order valence-corrected chi connectivity index (χ2v) is 9.59. The molecule has 0 atom stereocenters. The van der Waals surface area contributed by atoms with Crippen LogP contribution in [0.15, 0.2) is 54.6 Å². The summed E-state index contributed by atoms with van der Waals surface area (Å²) in [4.78, 5) is 26.8. The van der Waals surface area contributed by atoms with Crippen LogP contribution in [0.2, 0.25) is 0 Å². The fourth-order valence-electron chi connectivity index (χ4n) is 4.83. The molecular formula is C29H33FN6O2. The van der Waals surface area contributed by atoms with E-state index in [0.29, 0.717) is 31.9 Å². The molecule has 2 aromatic carbocycles. The average molecular weight is 517 g/mol. The zero-order valence-electron chi connectivity index (χ0n) is 21.9. The molecule has 198 valence electrons. The Balaban J connectivity index is 1.35. The van der Waals surface area contributed by atoms with Gasteiger partial charge in [-0.1, -0.05) is 37.3 Å². The molecule has 0 bridgehead atoms. The molecule has 1 aliphatic rings. The highest BCUT2D eigenvalue weighted by Gasteiger charge is 2.25. The number of halogens is 1. The van der Waals surface area contributed by atoms with Crippen LogP contribution in [0, 0.1) is 12.7 Å². The summed E-state index contributed by atoms with van der Waals surface area (Å²) in [6.07, 6.45) is 2.48. The Bertz CT molecular complexity index is 1390.